The summed E-state index contributed by atoms with van der Waals surface area (Å²) in [4.78, 5) is 0. The highest BCUT2D eigenvalue weighted by molar-refractivity contribution is 5.07. The minimum Gasteiger partial charge on any atom is -0.0999 e. The number of rotatable bonds is 18. The summed E-state index contributed by atoms with van der Waals surface area (Å²) >= 11 is 0. The van der Waals surface area contributed by atoms with Crippen LogP contribution in [0.1, 0.15) is 120 Å². The Balaban J connectivity index is 4.15. The highest BCUT2D eigenvalue weighted by Crippen LogP contribution is 2.25. The molecule has 0 aromatic rings. The second-order valence-electron chi connectivity index (χ2n) is 10.9. The van der Waals surface area contributed by atoms with Gasteiger partial charge in [-0.3, -0.25) is 0 Å². The minimum absolute atomic E-state index is 0.600. The van der Waals surface area contributed by atoms with Crippen molar-refractivity contribution >= 4 is 0 Å². The summed E-state index contributed by atoms with van der Waals surface area (Å²) in [7, 11) is 0. The summed E-state index contributed by atoms with van der Waals surface area (Å²) < 4.78 is 0. The molecule has 0 aliphatic heterocycles. The first-order chi connectivity index (χ1) is 15.4. The van der Waals surface area contributed by atoms with Crippen molar-refractivity contribution in [3.8, 4) is 0 Å². The summed E-state index contributed by atoms with van der Waals surface area (Å²) in [5.41, 5.74) is 8.57. The van der Waals surface area contributed by atoms with Crippen molar-refractivity contribution in [2.24, 2.45) is 17.8 Å². The first-order valence-electron chi connectivity index (χ1n) is 13.4. The van der Waals surface area contributed by atoms with Gasteiger partial charge in [-0.25, -0.2) is 0 Å². The summed E-state index contributed by atoms with van der Waals surface area (Å²) in [6.07, 6.45) is 19.1. The van der Waals surface area contributed by atoms with Gasteiger partial charge in [0.15, 0.2) is 0 Å². The van der Waals surface area contributed by atoms with Crippen LogP contribution in [0.2, 0.25) is 0 Å². The molecule has 188 valence electrons. The van der Waals surface area contributed by atoms with Crippen molar-refractivity contribution in [3.63, 3.8) is 0 Å². The van der Waals surface area contributed by atoms with Gasteiger partial charge in [0.2, 0.25) is 0 Å². The van der Waals surface area contributed by atoms with Gasteiger partial charge in [0.25, 0.3) is 0 Å². The molecule has 3 unspecified atom stereocenters. The Morgan fingerprint density at radius 1 is 0.515 bits per heavy atom. The molecule has 0 aromatic heterocycles. The Morgan fingerprint density at radius 3 is 1.33 bits per heavy atom. The van der Waals surface area contributed by atoms with E-state index in [1.54, 1.807) is 0 Å². The van der Waals surface area contributed by atoms with Crippen LogP contribution in [0.4, 0.5) is 0 Å². The summed E-state index contributed by atoms with van der Waals surface area (Å²) in [5.74, 6) is 1.83. The van der Waals surface area contributed by atoms with E-state index in [2.05, 4.69) is 93.4 Å². The number of unbranched alkanes of at least 4 members (excludes halogenated alkanes) is 1. The Labute approximate surface area is 208 Å². The minimum atomic E-state index is 0.600. The molecule has 0 aliphatic rings. The van der Waals surface area contributed by atoms with E-state index >= 15 is 0 Å². The molecule has 0 saturated heterocycles. The van der Waals surface area contributed by atoms with E-state index in [1.807, 2.05) is 0 Å². The molecule has 0 amide bonds. The second kappa shape index (κ2) is 17.9. The van der Waals surface area contributed by atoms with Gasteiger partial charge in [-0.1, -0.05) is 92.2 Å². The van der Waals surface area contributed by atoms with E-state index in [4.69, 9.17) is 0 Å². The largest absolute Gasteiger partial charge is 0.0999 e. The molecule has 0 heterocycles. The molecule has 0 N–H and O–H groups in total. The van der Waals surface area contributed by atoms with E-state index in [1.165, 1.54) is 72.0 Å². The third kappa shape index (κ3) is 16.7. The molecule has 0 aliphatic carbocycles. The molecule has 3 atom stereocenters. The maximum absolute atomic E-state index is 4.35. The van der Waals surface area contributed by atoms with Crippen LogP contribution in [-0.4, -0.2) is 0 Å². The van der Waals surface area contributed by atoms with Crippen molar-refractivity contribution in [2.75, 3.05) is 0 Å². The first-order valence-corrected chi connectivity index (χ1v) is 13.4. The third-order valence-electron chi connectivity index (χ3n) is 7.41. The van der Waals surface area contributed by atoms with Gasteiger partial charge in [-0.2, -0.15) is 0 Å². The van der Waals surface area contributed by atoms with Gasteiger partial charge in [0.1, 0.15) is 0 Å². The first kappa shape index (κ1) is 31.4. The van der Waals surface area contributed by atoms with Gasteiger partial charge < -0.3 is 0 Å². The Bertz CT molecular complexity index is 694. The molecule has 0 fully saturated rings. The maximum atomic E-state index is 4.35. The lowest BCUT2D eigenvalue weighted by Crippen LogP contribution is -2.02. The van der Waals surface area contributed by atoms with E-state index in [-0.39, 0.29) is 0 Å². The summed E-state index contributed by atoms with van der Waals surface area (Å²) in [6.45, 7) is 30.5. The van der Waals surface area contributed by atoms with Crippen LogP contribution in [0, 0.1) is 17.8 Å². The lowest BCUT2D eigenvalue weighted by Gasteiger charge is -2.17. The molecule has 0 radical (unpaired) electrons. The SMILES string of the molecule is C=C(C)C(C)CCC(=C)C(C)CCC(C)=CCCC=C(C)CCC=C(C)CCC(C)C(=C)C. The lowest BCUT2D eigenvalue weighted by molar-refractivity contribution is 0.543. The van der Waals surface area contributed by atoms with Crippen molar-refractivity contribution in [3.05, 3.63) is 71.4 Å². The maximum Gasteiger partial charge on any atom is -0.0231 e. The van der Waals surface area contributed by atoms with Crippen LogP contribution < -0.4 is 0 Å². The van der Waals surface area contributed by atoms with Gasteiger partial charge >= 0.3 is 0 Å². The quantitative estimate of drug-likeness (QED) is 0.143. The van der Waals surface area contributed by atoms with Crippen LogP contribution in [-0.2, 0) is 0 Å². The zero-order valence-electron chi connectivity index (χ0n) is 23.7. The lowest BCUT2D eigenvalue weighted by atomic mass is 9.88. The Hall–Kier alpha value is -1.56. The smallest absolute Gasteiger partial charge is 0.0231 e. The topological polar surface area (TPSA) is 0 Å². The Kier molecular flexibility index (Phi) is 17.0. The average Bonchev–Trinajstić information content (AvgIpc) is 2.76. The Morgan fingerprint density at radius 2 is 0.879 bits per heavy atom. The fraction of sp³-hybridized carbons (Fsp3) is 0.636. The standard InChI is InChI=1S/C33H56/c1-25(2)30(8)21-19-29(7)18-14-17-27(5)15-12-13-16-28(6)20-22-32(10)33(11)24-23-31(9)26(3)4/h15-16,18,30-32H,1,3,11-14,17,19-24H2,2,4-10H3. The molecule has 0 rings (SSSR count). The van der Waals surface area contributed by atoms with Gasteiger partial charge in [0, 0.05) is 0 Å². The molecular formula is C33H56. The van der Waals surface area contributed by atoms with E-state index in [9.17, 15) is 0 Å². The normalized spacial score (nSPS) is 15.8. The van der Waals surface area contributed by atoms with Gasteiger partial charge in [-0.15, -0.1) is 0 Å². The highest BCUT2D eigenvalue weighted by atomic mass is 14.2. The molecule has 0 saturated carbocycles. The molecule has 0 spiro atoms. The van der Waals surface area contributed by atoms with Crippen LogP contribution in [0.3, 0.4) is 0 Å². The van der Waals surface area contributed by atoms with E-state index in [0.29, 0.717) is 17.8 Å². The molecule has 0 nitrogen and oxygen atoms in total. The van der Waals surface area contributed by atoms with Crippen LogP contribution in [0.15, 0.2) is 71.4 Å². The molecule has 0 aromatic carbocycles. The van der Waals surface area contributed by atoms with Crippen molar-refractivity contribution in [1.82, 2.24) is 0 Å². The van der Waals surface area contributed by atoms with Crippen molar-refractivity contribution < 1.29 is 0 Å². The molecule has 0 bridgehead atoms. The summed E-state index contributed by atoms with van der Waals surface area (Å²) in [6, 6.07) is 0. The molecule has 33 heavy (non-hydrogen) atoms. The van der Waals surface area contributed by atoms with Crippen molar-refractivity contribution in [2.45, 2.75) is 120 Å². The number of allylic oxidation sites excluding steroid dienone is 9. The second-order valence-corrected chi connectivity index (χ2v) is 10.9. The highest BCUT2D eigenvalue weighted by Gasteiger charge is 2.10. The molecule has 0 heteroatoms. The zero-order valence-corrected chi connectivity index (χ0v) is 23.7. The zero-order chi connectivity index (χ0) is 25.4. The summed E-state index contributed by atoms with van der Waals surface area (Å²) in [5, 5.41) is 0. The van der Waals surface area contributed by atoms with Gasteiger partial charge in [0.05, 0.1) is 0 Å². The number of hydrogen-bond donors (Lipinski definition) is 0. The van der Waals surface area contributed by atoms with Crippen LogP contribution >= 0.6 is 0 Å². The fourth-order valence-electron chi connectivity index (χ4n) is 3.75. The molecular weight excluding hydrogens is 396 g/mol. The van der Waals surface area contributed by atoms with Crippen molar-refractivity contribution in [1.29, 1.82) is 0 Å². The van der Waals surface area contributed by atoms with Crippen LogP contribution in [0.5, 0.6) is 0 Å². The predicted molar refractivity (Wildman–Crippen MR) is 154 cm³/mol. The van der Waals surface area contributed by atoms with E-state index in [0.717, 1.165) is 25.7 Å². The number of hydrogen-bond acceptors (Lipinski definition) is 0. The average molecular weight is 453 g/mol. The third-order valence-corrected chi connectivity index (χ3v) is 7.41. The van der Waals surface area contributed by atoms with E-state index < -0.39 is 0 Å². The fourth-order valence-corrected chi connectivity index (χ4v) is 3.75. The van der Waals surface area contributed by atoms with Gasteiger partial charge in [-0.05, 0) is 117 Å². The van der Waals surface area contributed by atoms with Crippen LogP contribution in [0.25, 0.3) is 0 Å². The predicted octanol–water partition coefficient (Wildman–Crippen LogP) is 11.3. The monoisotopic (exact) mass is 452 g/mol.